The van der Waals surface area contributed by atoms with Crippen LogP contribution < -0.4 is 5.32 Å². The number of hydrogen-bond acceptors (Lipinski definition) is 3. The lowest BCUT2D eigenvalue weighted by atomic mass is 10.1. The normalized spacial score (nSPS) is 15.2. The molecule has 0 spiro atoms. The summed E-state index contributed by atoms with van der Waals surface area (Å²) in [6.07, 6.45) is 0.963. The van der Waals surface area contributed by atoms with E-state index in [4.69, 9.17) is 0 Å². The van der Waals surface area contributed by atoms with Gasteiger partial charge in [-0.05, 0) is 23.3 Å². The van der Waals surface area contributed by atoms with E-state index in [-0.39, 0.29) is 0 Å². The van der Waals surface area contributed by atoms with Gasteiger partial charge >= 0.3 is 0 Å². The molecule has 14 heavy (non-hydrogen) atoms. The van der Waals surface area contributed by atoms with Crippen molar-refractivity contribution in [1.82, 2.24) is 4.90 Å². The zero-order valence-corrected chi connectivity index (χ0v) is 8.29. The van der Waals surface area contributed by atoms with E-state index >= 15 is 0 Å². The summed E-state index contributed by atoms with van der Waals surface area (Å²) < 4.78 is 0. The van der Waals surface area contributed by atoms with Crippen LogP contribution in [0, 0.1) is 0 Å². The first-order chi connectivity index (χ1) is 6.83. The third-order valence-electron chi connectivity index (χ3n) is 2.62. The number of nitrogens with zero attached hydrogens (tertiary/aromatic N) is 1. The lowest BCUT2D eigenvalue weighted by Crippen LogP contribution is -2.18. The average Bonchev–Trinajstić information content (AvgIpc) is 2.59. The summed E-state index contributed by atoms with van der Waals surface area (Å²) in [6, 6.07) is 6.36. The number of benzene rings is 1. The molecule has 1 aromatic carbocycles. The number of anilines is 1. The van der Waals surface area contributed by atoms with Crippen molar-refractivity contribution in [3.05, 3.63) is 29.3 Å². The van der Waals surface area contributed by atoms with Gasteiger partial charge in [0.05, 0.1) is 6.54 Å². The average molecular weight is 190 g/mol. The molecule has 0 radical (unpaired) electrons. The van der Waals surface area contributed by atoms with Crippen molar-refractivity contribution in [2.24, 2.45) is 0 Å². The molecule has 74 valence electrons. The zero-order valence-electron chi connectivity index (χ0n) is 8.29. The van der Waals surface area contributed by atoms with Gasteiger partial charge in [-0.25, -0.2) is 0 Å². The molecule has 0 saturated carbocycles. The van der Waals surface area contributed by atoms with Gasteiger partial charge in [-0.3, -0.25) is 4.90 Å². The van der Waals surface area contributed by atoms with Crippen LogP contribution in [0.4, 0.5) is 5.69 Å². The minimum atomic E-state index is 0.531. The molecule has 0 aromatic heterocycles. The van der Waals surface area contributed by atoms with Crippen molar-refractivity contribution in [2.45, 2.75) is 13.1 Å². The highest BCUT2D eigenvalue weighted by Gasteiger charge is 2.17. The summed E-state index contributed by atoms with van der Waals surface area (Å²) in [5.74, 6) is 0. The standard InChI is InChI=1S/C11H14N2O/c1-12-11-3-2-9-7-13(4-5-14)8-10(9)6-11/h2-3,5-6,12H,4,7-8H2,1H3. The van der Waals surface area contributed by atoms with Crippen LogP contribution in [0.3, 0.4) is 0 Å². The lowest BCUT2D eigenvalue weighted by Gasteiger charge is -2.08. The fraction of sp³-hybridized carbons (Fsp3) is 0.364. The van der Waals surface area contributed by atoms with Gasteiger partial charge in [0.25, 0.3) is 0 Å². The molecule has 1 heterocycles. The molecule has 1 aliphatic rings. The monoisotopic (exact) mass is 190 g/mol. The summed E-state index contributed by atoms with van der Waals surface area (Å²) in [5, 5.41) is 3.12. The first-order valence-electron chi connectivity index (χ1n) is 4.79. The molecule has 0 atom stereocenters. The summed E-state index contributed by atoms with van der Waals surface area (Å²) >= 11 is 0. The van der Waals surface area contributed by atoms with E-state index in [0.717, 1.165) is 25.1 Å². The largest absolute Gasteiger partial charge is 0.388 e. The molecule has 0 unspecified atom stereocenters. The lowest BCUT2D eigenvalue weighted by molar-refractivity contribution is -0.108. The van der Waals surface area contributed by atoms with Crippen LogP contribution in [0.2, 0.25) is 0 Å². The maximum atomic E-state index is 10.4. The Bertz CT molecular complexity index is 349. The van der Waals surface area contributed by atoms with Crippen molar-refractivity contribution in [2.75, 3.05) is 18.9 Å². The van der Waals surface area contributed by atoms with E-state index in [1.54, 1.807) is 0 Å². The van der Waals surface area contributed by atoms with Crippen molar-refractivity contribution < 1.29 is 4.79 Å². The third kappa shape index (κ3) is 1.63. The molecule has 3 heteroatoms. The molecule has 2 rings (SSSR count). The van der Waals surface area contributed by atoms with Crippen molar-refractivity contribution in [3.63, 3.8) is 0 Å². The van der Waals surface area contributed by atoms with E-state index in [0.29, 0.717) is 6.54 Å². The van der Waals surface area contributed by atoms with Gasteiger partial charge in [0.2, 0.25) is 0 Å². The molecule has 1 aliphatic heterocycles. The molecular formula is C11H14N2O. The first-order valence-corrected chi connectivity index (χ1v) is 4.79. The number of aldehydes is 1. The quantitative estimate of drug-likeness (QED) is 0.728. The number of hydrogen-bond donors (Lipinski definition) is 1. The highest BCUT2D eigenvalue weighted by Crippen LogP contribution is 2.24. The molecule has 0 bridgehead atoms. The fourth-order valence-corrected chi connectivity index (χ4v) is 1.86. The van der Waals surface area contributed by atoms with Gasteiger partial charge in [0.1, 0.15) is 6.29 Å². The topological polar surface area (TPSA) is 32.3 Å². The number of carbonyl (C=O) groups is 1. The van der Waals surface area contributed by atoms with Gasteiger partial charge < -0.3 is 10.1 Å². The van der Waals surface area contributed by atoms with Crippen LogP contribution in [0.25, 0.3) is 0 Å². The third-order valence-corrected chi connectivity index (χ3v) is 2.62. The minimum Gasteiger partial charge on any atom is -0.388 e. The van der Waals surface area contributed by atoms with E-state index in [1.807, 2.05) is 7.05 Å². The number of fused-ring (bicyclic) bond motifs is 1. The second-order valence-corrected chi connectivity index (χ2v) is 3.57. The predicted molar refractivity (Wildman–Crippen MR) is 56.2 cm³/mol. The van der Waals surface area contributed by atoms with Gasteiger partial charge in [0.15, 0.2) is 0 Å². The van der Waals surface area contributed by atoms with Gasteiger partial charge in [-0.2, -0.15) is 0 Å². The Balaban J connectivity index is 2.18. The highest BCUT2D eigenvalue weighted by molar-refractivity contribution is 5.53. The van der Waals surface area contributed by atoms with Gasteiger partial charge in [-0.15, -0.1) is 0 Å². The molecule has 0 fully saturated rings. The number of carbonyl (C=O) groups excluding carboxylic acids is 1. The van der Waals surface area contributed by atoms with Crippen LogP contribution in [-0.2, 0) is 17.9 Å². The molecule has 1 N–H and O–H groups in total. The first kappa shape index (κ1) is 9.21. The summed E-state index contributed by atoms with van der Waals surface area (Å²) in [6.45, 7) is 2.32. The van der Waals surface area contributed by atoms with Crippen molar-refractivity contribution in [3.8, 4) is 0 Å². The highest BCUT2D eigenvalue weighted by atomic mass is 16.1. The Morgan fingerprint density at radius 3 is 2.93 bits per heavy atom. The smallest absolute Gasteiger partial charge is 0.134 e. The molecule has 3 nitrogen and oxygen atoms in total. The Labute approximate surface area is 83.7 Å². The van der Waals surface area contributed by atoms with E-state index in [2.05, 4.69) is 28.4 Å². The molecular weight excluding hydrogens is 176 g/mol. The van der Waals surface area contributed by atoms with Crippen LogP contribution in [-0.4, -0.2) is 24.8 Å². The molecule has 1 aromatic rings. The number of nitrogens with one attached hydrogen (secondary N) is 1. The summed E-state index contributed by atoms with van der Waals surface area (Å²) in [4.78, 5) is 12.5. The molecule has 0 saturated heterocycles. The van der Waals surface area contributed by atoms with Crippen molar-refractivity contribution in [1.29, 1.82) is 0 Å². The Morgan fingerprint density at radius 1 is 1.43 bits per heavy atom. The van der Waals surface area contributed by atoms with Gasteiger partial charge in [-0.1, -0.05) is 6.07 Å². The minimum absolute atomic E-state index is 0.531. The van der Waals surface area contributed by atoms with Crippen LogP contribution in [0.1, 0.15) is 11.1 Å². The molecule has 0 amide bonds. The van der Waals surface area contributed by atoms with Crippen LogP contribution >= 0.6 is 0 Å². The maximum absolute atomic E-state index is 10.4. The Kier molecular flexibility index (Phi) is 2.50. The van der Waals surface area contributed by atoms with Crippen molar-refractivity contribution >= 4 is 12.0 Å². The summed E-state index contributed by atoms with van der Waals surface area (Å²) in [7, 11) is 1.92. The molecule has 0 aliphatic carbocycles. The predicted octanol–water partition coefficient (Wildman–Crippen LogP) is 1.24. The van der Waals surface area contributed by atoms with Crippen LogP contribution in [0.5, 0.6) is 0 Å². The van der Waals surface area contributed by atoms with Gasteiger partial charge in [0, 0.05) is 25.8 Å². The van der Waals surface area contributed by atoms with Crippen LogP contribution in [0.15, 0.2) is 18.2 Å². The second-order valence-electron chi connectivity index (χ2n) is 3.57. The fourth-order valence-electron chi connectivity index (χ4n) is 1.86. The zero-order chi connectivity index (χ0) is 9.97. The maximum Gasteiger partial charge on any atom is 0.134 e. The number of rotatable bonds is 3. The Hall–Kier alpha value is -1.35. The SMILES string of the molecule is CNc1ccc2c(c1)CN(CC=O)C2. The second kappa shape index (κ2) is 3.80. The Morgan fingerprint density at radius 2 is 2.21 bits per heavy atom. The van der Waals surface area contributed by atoms with E-state index in [9.17, 15) is 4.79 Å². The van der Waals surface area contributed by atoms with E-state index < -0.39 is 0 Å². The van der Waals surface area contributed by atoms with E-state index in [1.165, 1.54) is 11.1 Å². The summed E-state index contributed by atoms with van der Waals surface area (Å²) in [5.41, 5.74) is 3.81.